The predicted octanol–water partition coefficient (Wildman–Crippen LogP) is 1.06. The number of aliphatic hydroxyl groups is 1. The van der Waals surface area contributed by atoms with Gasteiger partial charge in [-0.05, 0) is 0 Å². The molecule has 0 fully saturated rings. The largest absolute Gasteiger partial charge is 0.389 e. The summed E-state index contributed by atoms with van der Waals surface area (Å²) in [6, 6.07) is 0. The van der Waals surface area contributed by atoms with E-state index in [1.807, 2.05) is 5.32 Å². The second-order valence-corrected chi connectivity index (χ2v) is 3.19. The summed E-state index contributed by atoms with van der Waals surface area (Å²) in [7, 11) is 1.32. The Morgan fingerprint density at radius 3 is 2.24 bits per heavy atom. The molecule has 4 nitrogen and oxygen atoms in total. The number of rotatable bonds is 5. The maximum Gasteiger partial charge on any atom is 0.253 e. The van der Waals surface area contributed by atoms with Crippen LogP contribution in [0.4, 0.5) is 23.2 Å². The van der Waals surface area contributed by atoms with Crippen LogP contribution in [0.5, 0.6) is 0 Å². The zero-order chi connectivity index (χ0) is 13.0. The molecule has 0 spiro atoms. The molecule has 1 aromatic heterocycles. The van der Waals surface area contributed by atoms with E-state index in [1.165, 1.54) is 7.11 Å². The van der Waals surface area contributed by atoms with Gasteiger partial charge in [-0.15, -0.1) is 0 Å². The van der Waals surface area contributed by atoms with Gasteiger partial charge in [0.15, 0.2) is 0 Å². The van der Waals surface area contributed by atoms with E-state index < -0.39 is 35.3 Å². The molecule has 0 aliphatic heterocycles. The smallest absolute Gasteiger partial charge is 0.253 e. The summed E-state index contributed by atoms with van der Waals surface area (Å²) in [4.78, 5) is 2.39. The van der Waals surface area contributed by atoms with Gasteiger partial charge in [-0.2, -0.15) is 22.5 Å². The van der Waals surface area contributed by atoms with Crippen LogP contribution in [0.25, 0.3) is 0 Å². The number of halogens is 4. The molecular formula is C9H10F4N2O2. The minimum absolute atomic E-state index is 0.0910. The summed E-state index contributed by atoms with van der Waals surface area (Å²) in [5, 5.41) is 11.2. The Labute approximate surface area is 94.2 Å². The highest BCUT2D eigenvalue weighted by Crippen LogP contribution is 2.21. The first-order chi connectivity index (χ1) is 7.97. The van der Waals surface area contributed by atoms with Crippen LogP contribution in [-0.2, 0) is 4.74 Å². The van der Waals surface area contributed by atoms with Crippen molar-refractivity contribution in [3.05, 3.63) is 23.5 Å². The molecule has 1 aromatic rings. The Hall–Kier alpha value is -1.41. The van der Waals surface area contributed by atoms with Crippen LogP contribution in [0.15, 0.2) is 0 Å². The molecule has 17 heavy (non-hydrogen) atoms. The van der Waals surface area contributed by atoms with Gasteiger partial charge in [-0.3, -0.25) is 0 Å². The number of anilines is 1. The van der Waals surface area contributed by atoms with Crippen LogP contribution < -0.4 is 5.32 Å². The monoisotopic (exact) mass is 254 g/mol. The highest BCUT2D eigenvalue weighted by Gasteiger charge is 2.20. The molecule has 0 bridgehead atoms. The van der Waals surface area contributed by atoms with E-state index in [4.69, 9.17) is 0 Å². The SMILES string of the molecule is COCC(O)CNc1c(F)c(F)nc(F)c1F. The number of aliphatic hydroxyl groups excluding tert-OH is 1. The normalized spacial score (nSPS) is 12.6. The summed E-state index contributed by atoms with van der Waals surface area (Å²) in [6.07, 6.45) is -1.07. The maximum atomic E-state index is 13.1. The van der Waals surface area contributed by atoms with Gasteiger partial charge >= 0.3 is 0 Å². The zero-order valence-electron chi connectivity index (χ0n) is 8.81. The topological polar surface area (TPSA) is 54.4 Å². The van der Waals surface area contributed by atoms with E-state index in [-0.39, 0.29) is 13.2 Å². The van der Waals surface area contributed by atoms with Crippen LogP contribution in [0, 0.1) is 23.5 Å². The highest BCUT2D eigenvalue weighted by molar-refractivity contribution is 5.45. The van der Waals surface area contributed by atoms with Crippen LogP contribution in [-0.4, -0.2) is 36.5 Å². The molecule has 0 amide bonds. The fourth-order valence-corrected chi connectivity index (χ4v) is 1.11. The number of hydrogen-bond acceptors (Lipinski definition) is 4. The first-order valence-corrected chi connectivity index (χ1v) is 4.58. The minimum Gasteiger partial charge on any atom is -0.389 e. The van der Waals surface area contributed by atoms with Crippen LogP contribution >= 0.6 is 0 Å². The lowest BCUT2D eigenvalue weighted by molar-refractivity contribution is 0.0726. The maximum absolute atomic E-state index is 13.1. The van der Waals surface area contributed by atoms with Crippen molar-refractivity contribution in [2.45, 2.75) is 6.10 Å². The third-order valence-corrected chi connectivity index (χ3v) is 1.87. The van der Waals surface area contributed by atoms with Crippen molar-refractivity contribution < 1.29 is 27.4 Å². The number of ether oxygens (including phenoxy) is 1. The molecule has 0 radical (unpaired) electrons. The molecule has 1 unspecified atom stereocenters. The van der Waals surface area contributed by atoms with Gasteiger partial charge in [0.05, 0.1) is 12.7 Å². The van der Waals surface area contributed by atoms with Crippen molar-refractivity contribution in [1.29, 1.82) is 0 Å². The van der Waals surface area contributed by atoms with Crippen molar-refractivity contribution in [2.24, 2.45) is 0 Å². The lowest BCUT2D eigenvalue weighted by Gasteiger charge is -2.13. The molecule has 0 aromatic carbocycles. The van der Waals surface area contributed by atoms with E-state index in [0.717, 1.165) is 0 Å². The van der Waals surface area contributed by atoms with E-state index in [2.05, 4.69) is 9.72 Å². The summed E-state index contributed by atoms with van der Waals surface area (Å²) in [6.45, 7) is -0.420. The minimum atomic E-state index is -1.76. The number of pyridine rings is 1. The van der Waals surface area contributed by atoms with E-state index in [1.54, 1.807) is 0 Å². The second kappa shape index (κ2) is 5.78. The molecule has 0 saturated heterocycles. The van der Waals surface area contributed by atoms with E-state index >= 15 is 0 Å². The molecular weight excluding hydrogens is 244 g/mol. The van der Waals surface area contributed by atoms with Crippen molar-refractivity contribution in [3.8, 4) is 0 Å². The Bertz CT molecular complexity index is 377. The van der Waals surface area contributed by atoms with Crippen molar-refractivity contribution in [2.75, 3.05) is 25.6 Å². The molecule has 1 atom stereocenters. The number of hydrogen-bond donors (Lipinski definition) is 2. The average Bonchev–Trinajstić information content (AvgIpc) is 2.27. The Morgan fingerprint density at radius 2 is 1.76 bits per heavy atom. The third kappa shape index (κ3) is 3.27. The lowest BCUT2D eigenvalue weighted by atomic mass is 10.3. The summed E-state index contributed by atoms with van der Waals surface area (Å²) < 4.78 is 56.0. The molecule has 1 rings (SSSR count). The number of aromatic nitrogens is 1. The van der Waals surface area contributed by atoms with Crippen LogP contribution in [0.1, 0.15) is 0 Å². The Morgan fingerprint density at radius 1 is 1.24 bits per heavy atom. The van der Waals surface area contributed by atoms with E-state index in [0.29, 0.717) is 0 Å². The van der Waals surface area contributed by atoms with Gasteiger partial charge in [-0.1, -0.05) is 0 Å². The molecule has 0 saturated carbocycles. The van der Waals surface area contributed by atoms with Gasteiger partial charge in [0, 0.05) is 13.7 Å². The second-order valence-electron chi connectivity index (χ2n) is 3.19. The van der Waals surface area contributed by atoms with Crippen molar-refractivity contribution in [1.82, 2.24) is 4.98 Å². The van der Waals surface area contributed by atoms with Gasteiger partial charge in [-0.25, -0.2) is 0 Å². The number of nitrogens with one attached hydrogen (secondary N) is 1. The van der Waals surface area contributed by atoms with Crippen molar-refractivity contribution in [3.63, 3.8) is 0 Å². The first kappa shape index (κ1) is 13.7. The molecule has 8 heteroatoms. The Balaban J connectivity index is 2.83. The number of nitrogens with zero attached hydrogens (tertiary/aromatic N) is 1. The standard InChI is InChI=1S/C9H10F4N2O2/c1-17-3-4(16)2-14-7-5(10)8(12)15-9(13)6(7)11/h4,16H,2-3H2,1H3,(H,14,15). The van der Waals surface area contributed by atoms with Crippen LogP contribution in [0.3, 0.4) is 0 Å². The summed E-state index contributed by atoms with van der Waals surface area (Å²) >= 11 is 0. The van der Waals surface area contributed by atoms with Gasteiger partial charge in [0.25, 0.3) is 11.9 Å². The average molecular weight is 254 g/mol. The summed E-state index contributed by atoms with van der Waals surface area (Å²) in [5.41, 5.74) is -1.01. The molecule has 0 aliphatic rings. The first-order valence-electron chi connectivity index (χ1n) is 4.58. The predicted molar refractivity (Wildman–Crippen MR) is 50.4 cm³/mol. The van der Waals surface area contributed by atoms with Crippen LogP contribution in [0.2, 0.25) is 0 Å². The molecule has 1 heterocycles. The van der Waals surface area contributed by atoms with Crippen molar-refractivity contribution >= 4 is 5.69 Å². The summed E-state index contributed by atoms with van der Waals surface area (Å²) in [5.74, 6) is -6.80. The number of methoxy groups -OCH3 is 1. The Kier molecular flexibility index (Phi) is 4.64. The van der Waals surface area contributed by atoms with Gasteiger partial charge < -0.3 is 15.2 Å². The fourth-order valence-electron chi connectivity index (χ4n) is 1.11. The van der Waals surface area contributed by atoms with Gasteiger partial charge in [0.1, 0.15) is 5.69 Å². The molecule has 2 N–H and O–H groups in total. The highest BCUT2D eigenvalue weighted by atomic mass is 19.2. The van der Waals surface area contributed by atoms with Gasteiger partial charge in [0.2, 0.25) is 11.6 Å². The lowest BCUT2D eigenvalue weighted by Crippen LogP contribution is -2.25. The third-order valence-electron chi connectivity index (χ3n) is 1.87. The quantitative estimate of drug-likeness (QED) is 0.609. The zero-order valence-corrected chi connectivity index (χ0v) is 8.81. The molecule has 0 aliphatic carbocycles. The molecule has 96 valence electrons. The van der Waals surface area contributed by atoms with E-state index in [9.17, 15) is 22.7 Å². The fraction of sp³-hybridized carbons (Fsp3) is 0.444.